The fraction of sp³-hybridized carbons (Fsp3) is 0.500. The predicted molar refractivity (Wildman–Crippen MR) is 75.9 cm³/mol. The molecule has 0 saturated heterocycles. The van der Waals surface area contributed by atoms with Crippen LogP contribution in [-0.4, -0.2) is 18.5 Å². The predicted octanol–water partition coefficient (Wildman–Crippen LogP) is 3.10. The van der Waals surface area contributed by atoms with Gasteiger partial charge in [0.25, 0.3) is 0 Å². The molecule has 0 saturated carbocycles. The number of carbonyl (C=O) groups excluding carboxylic acids is 2. The van der Waals surface area contributed by atoms with Crippen molar-refractivity contribution in [2.24, 2.45) is 5.92 Å². The second-order valence-corrected chi connectivity index (χ2v) is 5.08. The highest BCUT2D eigenvalue weighted by atomic mass is 16.5. The Morgan fingerprint density at radius 2 is 1.60 bits per heavy atom. The van der Waals surface area contributed by atoms with Crippen LogP contribution in [-0.2, 0) is 25.7 Å². The van der Waals surface area contributed by atoms with Crippen LogP contribution in [0, 0.1) is 5.92 Å². The summed E-state index contributed by atoms with van der Waals surface area (Å²) in [5.74, 6) is -0.213. The Labute approximate surface area is 120 Å². The second kappa shape index (κ2) is 9.13. The average molecular weight is 278 g/mol. The van der Waals surface area contributed by atoms with Crippen molar-refractivity contribution >= 4 is 11.9 Å². The van der Waals surface area contributed by atoms with Crippen LogP contribution in [0.1, 0.15) is 38.7 Å². The Bertz CT molecular complexity index is 412. The minimum atomic E-state index is -0.287. The number of carbonyl (C=O) groups is 2. The van der Waals surface area contributed by atoms with Crippen LogP contribution in [0.4, 0.5) is 0 Å². The number of esters is 2. The normalized spacial score (nSPS) is 10.3. The lowest BCUT2D eigenvalue weighted by Gasteiger charge is -2.07. The first kappa shape index (κ1) is 16.2. The van der Waals surface area contributed by atoms with Crippen molar-refractivity contribution in [3.63, 3.8) is 0 Å². The average Bonchev–Trinajstić information content (AvgIpc) is 2.44. The van der Waals surface area contributed by atoms with Gasteiger partial charge in [0.2, 0.25) is 0 Å². The van der Waals surface area contributed by atoms with Crippen molar-refractivity contribution < 1.29 is 19.1 Å². The lowest BCUT2D eigenvalue weighted by molar-refractivity contribution is -0.146. The molecule has 0 aliphatic carbocycles. The van der Waals surface area contributed by atoms with E-state index in [1.54, 1.807) is 0 Å². The molecule has 0 aliphatic rings. The molecule has 0 aromatic heterocycles. The van der Waals surface area contributed by atoms with Gasteiger partial charge in [-0.1, -0.05) is 44.2 Å². The molecule has 20 heavy (non-hydrogen) atoms. The fourth-order valence-corrected chi connectivity index (χ4v) is 1.52. The number of hydrogen-bond acceptors (Lipinski definition) is 4. The van der Waals surface area contributed by atoms with E-state index in [0.29, 0.717) is 18.9 Å². The highest BCUT2D eigenvalue weighted by Gasteiger charge is 2.08. The van der Waals surface area contributed by atoms with E-state index in [9.17, 15) is 9.59 Å². The van der Waals surface area contributed by atoms with E-state index in [1.165, 1.54) is 0 Å². The maximum Gasteiger partial charge on any atom is 0.306 e. The summed E-state index contributed by atoms with van der Waals surface area (Å²) < 4.78 is 10.1. The third-order valence-corrected chi connectivity index (χ3v) is 2.58. The Balaban J connectivity index is 2.10. The van der Waals surface area contributed by atoms with E-state index in [2.05, 4.69) is 0 Å². The molecule has 0 spiro atoms. The Kier molecular flexibility index (Phi) is 7.40. The third-order valence-electron chi connectivity index (χ3n) is 2.58. The van der Waals surface area contributed by atoms with Gasteiger partial charge in [0.05, 0.1) is 6.61 Å². The second-order valence-electron chi connectivity index (χ2n) is 5.08. The van der Waals surface area contributed by atoms with Gasteiger partial charge >= 0.3 is 11.9 Å². The number of benzene rings is 1. The van der Waals surface area contributed by atoms with E-state index in [1.807, 2.05) is 44.2 Å². The monoisotopic (exact) mass is 278 g/mol. The smallest absolute Gasteiger partial charge is 0.306 e. The summed E-state index contributed by atoms with van der Waals surface area (Å²) in [6.07, 6.45) is 0.960. The third kappa shape index (κ3) is 7.56. The van der Waals surface area contributed by atoms with Crippen molar-refractivity contribution in [2.45, 2.75) is 39.7 Å². The van der Waals surface area contributed by atoms with Gasteiger partial charge < -0.3 is 9.47 Å². The Morgan fingerprint density at radius 1 is 1.00 bits per heavy atom. The number of hydrogen-bond donors (Lipinski definition) is 0. The van der Waals surface area contributed by atoms with Crippen LogP contribution in [0.2, 0.25) is 0 Å². The fourth-order valence-electron chi connectivity index (χ4n) is 1.52. The molecular formula is C16H22O4. The van der Waals surface area contributed by atoms with Gasteiger partial charge in [0.1, 0.15) is 6.61 Å². The number of ether oxygens (including phenoxy) is 2. The van der Waals surface area contributed by atoms with E-state index < -0.39 is 0 Å². The molecule has 4 heteroatoms. The first-order chi connectivity index (χ1) is 9.58. The highest BCUT2D eigenvalue weighted by Crippen LogP contribution is 2.05. The van der Waals surface area contributed by atoms with Crippen molar-refractivity contribution in [1.29, 1.82) is 0 Å². The maximum absolute atomic E-state index is 11.5. The molecule has 0 amide bonds. The molecule has 110 valence electrons. The number of rotatable bonds is 8. The molecule has 0 bridgehead atoms. The van der Waals surface area contributed by atoms with Gasteiger partial charge in [-0.3, -0.25) is 9.59 Å². The Morgan fingerprint density at radius 3 is 2.20 bits per heavy atom. The largest absolute Gasteiger partial charge is 0.465 e. The summed E-state index contributed by atoms with van der Waals surface area (Å²) in [6, 6.07) is 9.50. The first-order valence-corrected chi connectivity index (χ1v) is 6.93. The summed E-state index contributed by atoms with van der Waals surface area (Å²) >= 11 is 0. The zero-order valence-corrected chi connectivity index (χ0v) is 12.1. The summed E-state index contributed by atoms with van der Waals surface area (Å²) in [7, 11) is 0. The van der Waals surface area contributed by atoms with Crippen molar-refractivity contribution in [3.05, 3.63) is 35.9 Å². The van der Waals surface area contributed by atoms with Gasteiger partial charge in [0.15, 0.2) is 0 Å². The molecule has 4 nitrogen and oxygen atoms in total. The van der Waals surface area contributed by atoms with Crippen LogP contribution >= 0.6 is 0 Å². The lowest BCUT2D eigenvalue weighted by atomic mass is 10.2. The van der Waals surface area contributed by atoms with Gasteiger partial charge in [-0.05, 0) is 17.9 Å². The van der Waals surface area contributed by atoms with Crippen LogP contribution in [0.5, 0.6) is 0 Å². The molecule has 1 aromatic rings. The quantitative estimate of drug-likeness (QED) is 0.686. The lowest BCUT2D eigenvalue weighted by Crippen LogP contribution is -2.11. The molecule has 1 rings (SSSR count). The minimum absolute atomic E-state index is 0.240. The van der Waals surface area contributed by atoms with Gasteiger partial charge in [-0.2, -0.15) is 0 Å². The van der Waals surface area contributed by atoms with Crippen LogP contribution in [0.25, 0.3) is 0 Å². The summed E-state index contributed by atoms with van der Waals surface area (Å²) in [5, 5.41) is 0. The van der Waals surface area contributed by atoms with Crippen LogP contribution in [0.15, 0.2) is 30.3 Å². The SMILES string of the molecule is CC(C)COC(=O)CCCC(=O)OCc1ccccc1. The molecule has 0 atom stereocenters. The van der Waals surface area contributed by atoms with Crippen molar-refractivity contribution in [2.75, 3.05) is 6.61 Å². The molecule has 0 radical (unpaired) electrons. The molecule has 0 N–H and O–H groups in total. The summed E-state index contributed by atoms with van der Waals surface area (Å²) in [5.41, 5.74) is 0.956. The van der Waals surface area contributed by atoms with E-state index in [4.69, 9.17) is 9.47 Å². The first-order valence-electron chi connectivity index (χ1n) is 6.93. The molecule has 1 aromatic carbocycles. The van der Waals surface area contributed by atoms with Crippen molar-refractivity contribution in [3.8, 4) is 0 Å². The Hall–Kier alpha value is -1.84. The zero-order valence-electron chi connectivity index (χ0n) is 12.1. The van der Waals surface area contributed by atoms with Gasteiger partial charge in [0, 0.05) is 12.8 Å². The van der Waals surface area contributed by atoms with Crippen LogP contribution < -0.4 is 0 Å². The molecule has 0 unspecified atom stereocenters. The minimum Gasteiger partial charge on any atom is -0.465 e. The van der Waals surface area contributed by atoms with Crippen LogP contribution in [0.3, 0.4) is 0 Å². The van der Waals surface area contributed by atoms with Gasteiger partial charge in [-0.15, -0.1) is 0 Å². The zero-order chi connectivity index (χ0) is 14.8. The van der Waals surface area contributed by atoms with E-state index in [-0.39, 0.29) is 31.4 Å². The van der Waals surface area contributed by atoms with Gasteiger partial charge in [-0.25, -0.2) is 0 Å². The topological polar surface area (TPSA) is 52.6 Å². The molecule has 0 aliphatic heterocycles. The molecule has 0 heterocycles. The van der Waals surface area contributed by atoms with E-state index >= 15 is 0 Å². The summed E-state index contributed by atoms with van der Waals surface area (Å²) in [6.45, 7) is 4.66. The molecule has 0 fully saturated rings. The maximum atomic E-state index is 11.5. The van der Waals surface area contributed by atoms with E-state index in [0.717, 1.165) is 5.56 Å². The molecular weight excluding hydrogens is 256 g/mol. The standard InChI is InChI=1S/C16H22O4/c1-13(2)11-19-15(17)9-6-10-16(18)20-12-14-7-4-3-5-8-14/h3-5,7-8,13H,6,9-12H2,1-2H3. The van der Waals surface area contributed by atoms with Crippen molar-refractivity contribution in [1.82, 2.24) is 0 Å². The summed E-state index contributed by atoms with van der Waals surface area (Å²) in [4.78, 5) is 22.8. The highest BCUT2D eigenvalue weighted by molar-refractivity contribution is 5.72.